The van der Waals surface area contributed by atoms with Crippen LogP contribution in [-0.4, -0.2) is 123 Å². The van der Waals surface area contributed by atoms with Gasteiger partial charge in [-0.25, -0.2) is 0 Å². The van der Waals surface area contributed by atoms with Gasteiger partial charge in [0.1, 0.15) is 0 Å². The Morgan fingerprint density at radius 1 is 0.198 bits per heavy atom. The summed E-state index contributed by atoms with van der Waals surface area (Å²) in [6, 6.07) is 135. The van der Waals surface area contributed by atoms with E-state index in [4.69, 9.17) is 0 Å². The van der Waals surface area contributed by atoms with Crippen molar-refractivity contribution in [1.29, 1.82) is 0 Å². The van der Waals surface area contributed by atoms with Gasteiger partial charge in [0.05, 0.1) is 98.8 Å². The van der Waals surface area contributed by atoms with Crippen LogP contribution in [0.5, 0.6) is 0 Å². The summed E-state index contributed by atoms with van der Waals surface area (Å²) in [6.45, 7) is 6.67. The van der Waals surface area contributed by atoms with Crippen LogP contribution >= 0.6 is 47.5 Å². The molecule has 12 aromatic rings. The molecule has 0 unspecified atom stereocenters. The van der Waals surface area contributed by atoms with E-state index in [1.165, 1.54) is 101 Å². The zero-order valence-electron chi connectivity index (χ0n) is 54.4. The predicted octanol–water partition coefficient (Wildman–Crippen LogP) is 13.0. The van der Waals surface area contributed by atoms with Crippen molar-refractivity contribution < 1.29 is 40.8 Å². The van der Waals surface area contributed by atoms with Crippen molar-refractivity contribution in [2.75, 3.05) is 76.2 Å². The summed E-state index contributed by atoms with van der Waals surface area (Å²) in [5.41, 5.74) is 0. The van der Waals surface area contributed by atoms with Gasteiger partial charge in [-0.05, 0) is 146 Å². The summed E-state index contributed by atoms with van der Waals surface area (Å²) in [5, 5.41) is 17.9. The Morgan fingerprint density at radius 2 is 0.333 bits per heavy atom. The first kappa shape index (κ1) is 77.8. The van der Waals surface area contributed by atoms with Crippen molar-refractivity contribution in [2.45, 2.75) is 0 Å². The Bertz CT molecular complexity index is 3010. The van der Waals surface area contributed by atoms with Gasteiger partial charge in [0.25, 0.3) is 0 Å². The third-order valence-corrected chi connectivity index (χ3v) is 33.4. The molecule has 0 heterocycles. The van der Waals surface area contributed by atoms with Crippen LogP contribution in [0.15, 0.2) is 364 Å². The Hall–Kier alpha value is -3.96. The Kier molecular flexibility index (Phi) is 36.5. The Balaban J connectivity index is 0.000000235. The maximum Gasteiger partial charge on any atom is 0.0967 e. The van der Waals surface area contributed by atoms with E-state index in [1.54, 1.807) is 36.9 Å². The van der Waals surface area contributed by atoms with E-state index in [0.29, 0.717) is 0 Å². The second-order valence-corrected chi connectivity index (χ2v) is 38.3. The first-order valence-corrected chi connectivity index (χ1v) is 51.6. The standard InChI is InChI=1S/2C42H42NP3.2Pd.H2Te2/c2*1-7-19-37(20-8-1)44(38-21-9-2-10-22-38)34-31-43(32-35-45(39-23-11-3-12-24-39)40-25-13-4-14-26-40)33-36-46(41-27-15-5-16-28-41)42-29-17-6-18-30-42;;;1-2/h2*1-30H,31-36H2;;;1-2H/p+4. The molecule has 0 aromatic heterocycles. The molecule has 0 aliphatic carbocycles. The van der Waals surface area contributed by atoms with Crippen molar-refractivity contribution in [3.63, 3.8) is 0 Å². The monoisotopic (exact) mass is 1780 g/mol. The van der Waals surface area contributed by atoms with E-state index in [9.17, 15) is 0 Å². The summed E-state index contributed by atoms with van der Waals surface area (Å²) >= 11 is 3.60. The van der Waals surface area contributed by atoms with Crippen molar-refractivity contribution in [3.8, 4) is 0 Å². The first-order valence-electron chi connectivity index (χ1n) is 33.0. The van der Waals surface area contributed by atoms with Crippen molar-refractivity contribution in [2.24, 2.45) is 0 Å². The van der Waals surface area contributed by atoms with Crippen LogP contribution in [0.3, 0.4) is 0 Å². The van der Waals surface area contributed by atoms with E-state index >= 15 is 0 Å². The van der Waals surface area contributed by atoms with Gasteiger partial charge in [-0.1, -0.05) is 267 Å². The minimum absolute atomic E-state index is 0. The van der Waals surface area contributed by atoms with Crippen molar-refractivity contribution in [1.82, 2.24) is 9.80 Å². The number of benzene rings is 12. The molecule has 0 bridgehead atoms. The molecule has 0 aliphatic rings. The van der Waals surface area contributed by atoms with Crippen LogP contribution in [0.1, 0.15) is 0 Å². The van der Waals surface area contributed by atoms with Gasteiger partial charge >= 0.3 is 36.9 Å². The topological polar surface area (TPSA) is 6.48 Å². The van der Waals surface area contributed by atoms with Crippen LogP contribution in [0.25, 0.3) is 0 Å². The second kappa shape index (κ2) is 45.0. The predicted molar refractivity (Wildman–Crippen MR) is 436 cm³/mol. The molecule has 0 fully saturated rings. The summed E-state index contributed by atoms with van der Waals surface area (Å²) in [6.07, 6.45) is 7.14. The zero-order chi connectivity index (χ0) is 64.5. The van der Waals surface area contributed by atoms with Gasteiger partial charge in [-0.15, -0.1) is 0 Å². The molecule has 0 radical (unpaired) electrons. The number of hydrogen-bond acceptors (Lipinski definition) is 2. The quantitative estimate of drug-likeness (QED) is 0.0327. The molecule has 0 amide bonds. The first-order chi connectivity index (χ1) is 46.7. The van der Waals surface area contributed by atoms with Gasteiger partial charge in [-0.2, -0.15) is 0 Å². The maximum atomic E-state index is 2.81. The molecule has 12 aromatic carbocycles. The molecule has 0 saturated heterocycles. The summed E-state index contributed by atoms with van der Waals surface area (Å²) < 4.78 is 0. The van der Waals surface area contributed by atoms with Crippen molar-refractivity contribution >= 4 is 148 Å². The minimum atomic E-state index is -0.905. The fraction of sp³-hybridized carbons (Fsp3) is 0.143. The normalized spacial score (nSPS) is 11.1. The molecule has 494 valence electrons. The smallest absolute Gasteiger partial charge is 0.0967 e. The molecule has 12 heteroatoms. The molecule has 0 atom stereocenters. The van der Waals surface area contributed by atoms with E-state index in [1.807, 2.05) is 0 Å². The molecule has 0 N–H and O–H groups in total. The largest absolute Gasteiger partial charge is 0.296 e. The molecule has 0 saturated carbocycles. The van der Waals surface area contributed by atoms with E-state index < -0.39 is 47.5 Å². The average molecular weight is 1780 g/mol. The molecule has 12 rings (SSSR count). The Labute approximate surface area is 632 Å². The number of nitrogens with zero attached hydrogens (tertiary/aromatic N) is 2. The molecule has 0 aliphatic heterocycles. The molecule has 0 spiro atoms. The molecular weight excluding hydrogens is 1690 g/mol. The number of rotatable bonds is 30. The van der Waals surface area contributed by atoms with Gasteiger partial charge in [0.15, 0.2) is 0 Å². The fourth-order valence-corrected chi connectivity index (χ4v) is 27.7. The van der Waals surface area contributed by atoms with Crippen LogP contribution in [-0.2, 0) is 40.8 Å². The third kappa shape index (κ3) is 24.7. The molecule has 2 nitrogen and oxygen atoms in total. The molecule has 96 heavy (non-hydrogen) atoms. The summed E-state index contributed by atoms with van der Waals surface area (Å²) in [5.74, 6) is 0. The maximum absolute atomic E-state index is 2.81. The average Bonchev–Trinajstić information content (AvgIpc) is 1.10. The minimum Gasteiger partial charge on any atom is -0.296 e. The Morgan fingerprint density at radius 3 is 0.479 bits per heavy atom. The SMILES string of the molecule is [Pd].[Pd].[TeH][TeH].c1ccc(P(CCN(CC[PH+](c2ccccc2)c2ccccc2)CC[PH+](c2ccccc2)c2ccccc2)c2ccccc2)cc1.c1ccc(P(CCN(CC[PH+](c2ccccc2)c2ccccc2)CC[PH+](c2ccccc2)c2ccccc2)c2ccccc2)cc1. The van der Waals surface area contributed by atoms with Crippen LogP contribution in [0.4, 0.5) is 0 Å². The van der Waals surface area contributed by atoms with Gasteiger partial charge in [0.2, 0.25) is 0 Å². The summed E-state index contributed by atoms with van der Waals surface area (Å²) in [4.78, 5) is 5.63. The van der Waals surface area contributed by atoms with Gasteiger partial charge in [-0.3, -0.25) is 9.80 Å². The third-order valence-electron chi connectivity index (χ3n) is 17.2. The van der Waals surface area contributed by atoms with E-state index in [-0.39, 0.29) is 40.8 Å². The zero-order valence-corrected chi connectivity index (χ0v) is 68.4. The van der Waals surface area contributed by atoms with Gasteiger partial charge < -0.3 is 0 Å². The second-order valence-electron chi connectivity index (χ2n) is 23.2. The van der Waals surface area contributed by atoms with Gasteiger partial charge in [0, 0.05) is 80.1 Å². The van der Waals surface area contributed by atoms with Crippen LogP contribution in [0, 0.1) is 0 Å². The number of hydrogen-bond donors (Lipinski definition) is 0. The fourth-order valence-electron chi connectivity index (χ4n) is 12.4. The van der Waals surface area contributed by atoms with E-state index in [2.05, 4.69) is 374 Å². The molecular formula is C84H90N2P6Pd2Te2+4. The van der Waals surface area contributed by atoms with E-state index in [0.717, 1.165) is 39.3 Å². The van der Waals surface area contributed by atoms with Crippen molar-refractivity contribution in [3.05, 3.63) is 364 Å². The van der Waals surface area contributed by atoms with Crippen LogP contribution in [0.2, 0.25) is 0 Å². The summed E-state index contributed by atoms with van der Waals surface area (Å²) in [7, 11) is -4.49. The van der Waals surface area contributed by atoms with Crippen LogP contribution < -0.4 is 63.7 Å².